The van der Waals surface area contributed by atoms with Crippen molar-refractivity contribution in [3.63, 3.8) is 0 Å². The van der Waals surface area contributed by atoms with Crippen LogP contribution in [0.15, 0.2) is 50.9 Å². The first-order valence-electron chi connectivity index (χ1n) is 6.68. The van der Waals surface area contributed by atoms with Crippen LogP contribution in [0.2, 0.25) is 0 Å². The van der Waals surface area contributed by atoms with E-state index in [1.165, 1.54) is 6.21 Å². The van der Waals surface area contributed by atoms with E-state index in [0.29, 0.717) is 11.1 Å². The number of nitrogens with zero attached hydrogens (tertiary/aromatic N) is 1. The summed E-state index contributed by atoms with van der Waals surface area (Å²) < 4.78 is 25.7. The highest BCUT2D eigenvalue weighted by Crippen LogP contribution is 2.21. The number of halogens is 1. The first-order valence-corrected chi connectivity index (χ1v) is 8.95. The fraction of sp³-hybridized carbons (Fsp3) is 0.188. The van der Waals surface area contributed by atoms with Crippen molar-refractivity contribution >= 4 is 32.2 Å². The number of hydrazone groups is 1. The third-order valence-electron chi connectivity index (χ3n) is 3.11. The summed E-state index contributed by atoms with van der Waals surface area (Å²) in [6, 6.07) is 11.1. The highest BCUT2D eigenvalue weighted by molar-refractivity contribution is 9.10. The van der Waals surface area contributed by atoms with Gasteiger partial charge in [-0.15, -0.1) is 0 Å². The maximum atomic E-state index is 12.4. The van der Waals surface area contributed by atoms with Crippen LogP contribution < -0.4 is 4.83 Å². The molecule has 0 unspecified atom stereocenters. The fourth-order valence-electron chi connectivity index (χ4n) is 2.39. The van der Waals surface area contributed by atoms with Crippen molar-refractivity contribution in [2.75, 3.05) is 0 Å². The molecule has 6 heteroatoms. The molecule has 0 aromatic heterocycles. The molecule has 0 saturated carbocycles. The quantitative estimate of drug-likeness (QED) is 0.649. The summed E-state index contributed by atoms with van der Waals surface area (Å²) in [6.07, 6.45) is 1.47. The normalized spacial score (nSPS) is 11.8. The van der Waals surface area contributed by atoms with Gasteiger partial charge in [-0.2, -0.15) is 13.5 Å². The van der Waals surface area contributed by atoms with Gasteiger partial charge in [0.15, 0.2) is 0 Å². The van der Waals surface area contributed by atoms with Gasteiger partial charge in [0.25, 0.3) is 10.0 Å². The van der Waals surface area contributed by atoms with Crippen molar-refractivity contribution < 1.29 is 8.42 Å². The van der Waals surface area contributed by atoms with Crippen molar-refractivity contribution in [3.05, 3.63) is 63.1 Å². The van der Waals surface area contributed by atoms with E-state index in [1.54, 1.807) is 13.8 Å². The smallest absolute Gasteiger partial charge is 0.200 e. The van der Waals surface area contributed by atoms with Gasteiger partial charge in [-0.1, -0.05) is 45.8 Å². The zero-order valence-corrected chi connectivity index (χ0v) is 15.0. The molecule has 0 aliphatic rings. The molecule has 116 valence electrons. The molecule has 0 heterocycles. The second-order valence-corrected chi connectivity index (χ2v) is 7.65. The van der Waals surface area contributed by atoms with Crippen LogP contribution in [0.25, 0.3) is 0 Å². The summed E-state index contributed by atoms with van der Waals surface area (Å²) in [4.78, 5) is 2.55. The van der Waals surface area contributed by atoms with E-state index in [1.807, 2.05) is 43.3 Å². The largest absolute Gasteiger partial charge is 0.277 e. The number of rotatable bonds is 4. The molecule has 0 amide bonds. The number of nitrogens with one attached hydrogen (secondary N) is 1. The average molecular weight is 381 g/mol. The third-order valence-corrected chi connectivity index (χ3v) is 5.13. The molecule has 0 aliphatic heterocycles. The van der Waals surface area contributed by atoms with Gasteiger partial charge in [0, 0.05) is 4.47 Å². The Morgan fingerprint density at radius 1 is 1.09 bits per heavy atom. The van der Waals surface area contributed by atoms with Crippen molar-refractivity contribution in [2.24, 2.45) is 5.10 Å². The van der Waals surface area contributed by atoms with Crippen LogP contribution in [0.3, 0.4) is 0 Å². The molecule has 0 fully saturated rings. The van der Waals surface area contributed by atoms with Crippen LogP contribution in [0.5, 0.6) is 0 Å². The zero-order chi connectivity index (χ0) is 16.3. The van der Waals surface area contributed by atoms with Gasteiger partial charge in [-0.25, -0.2) is 4.83 Å². The molecule has 0 atom stereocenters. The van der Waals surface area contributed by atoms with E-state index in [-0.39, 0.29) is 4.90 Å². The van der Waals surface area contributed by atoms with E-state index in [2.05, 4.69) is 25.9 Å². The van der Waals surface area contributed by atoms with Crippen molar-refractivity contribution in [3.8, 4) is 0 Å². The van der Waals surface area contributed by atoms with E-state index >= 15 is 0 Å². The van der Waals surface area contributed by atoms with E-state index in [0.717, 1.165) is 15.6 Å². The number of sulfonamides is 1. The average Bonchev–Trinajstić information content (AvgIpc) is 2.36. The highest BCUT2D eigenvalue weighted by atomic mass is 79.9. The molecule has 0 spiro atoms. The minimum absolute atomic E-state index is 0.282. The van der Waals surface area contributed by atoms with Crippen LogP contribution in [0, 0.1) is 20.8 Å². The lowest BCUT2D eigenvalue weighted by Crippen LogP contribution is -2.20. The molecule has 0 saturated heterocycles. The minimum atomic E-state index is -3.68. The van der Waals surface area contributed by atoms with Crippen LogP contribution in [-0.2, 0) is 10.0 Å². The van der Waals surface area contributed by atoms with E-state index in [9.17, 15) is 8.42 Å². The Hall–Kier alpha value is -1.66. The summed E-state index contributed by atoms with van der Waals surface area (Å²) in [5.74, 6) is 0. The molecule has 2 rings (SSSR count). The van der Waals surface area contributed by atoms with Crippen LogP contribution in [0.4, 0.5) is 0 Å². The Labute approximate surface area is 139 Å². The molecule has 22 heavy (non-hydrogen) atoms. The highest BCUT2D eigenvalue weighted by Gasteiger charge is 2.18. The third kappa shape index (κ3) is 3.96. The van der Waals surface area contributed by atoms with Gasteiger partial charge in [0.05, 0.1) is 11.1 Å². The van der Waals surface area contributed by atoms with Gasteiger partial charge in [0.2, 0.25) is 0 Å². The lowest BCUT2D eigenvalue weighted by Gasteiger charge is -2.11. The predicted molar refractivity (Wildman–Crippen MR) is 92.7 cm³/mol. The van der Waals surface area contributed by atoms with Crippen LogP contribution in [0.1, 0.15) is 22.3 Å². The summed E-state index contributed by atoms with van der Waals surface area (Å²) in [5, 5.41) is 3.85. The minimum Gasteiger partial charge on any atom is -0.200 e. The molecular weight excluding hydrogens is 364 g/mol. The molecular formula is C16H17BrN2O2S. The summed E-state index contributed by atoms with van der Waals surface area (Å²) in [6.45, 7) is 5.51. The van der Waals surface area contributed by atoms with E-state index in [4.69, 9.17) is 0 Å². The summed E-state index contributed by atoms with van der Waals surface area (Å²) in [7, 11) is -3.68. The molecule has 2 aromatic carbocycles. The van der Waals surface area contributed by atoms with E-state index < -0.39 is 10.0 Å². The topological polar surface area (TPSA) is 58.5 Å². The SMILES string of the molecule is Cc1cc(C)c(S(=O)(=O)N/N=C/c2cccc(Br)c2)c(C)c1. The summed E-state index contributed by atoms with van der Waals surface area (Å²) in [5.41, 5.74) is 3.26. The Bertz CT molecular complexity index is 807. The lowest BCUT2D eigenvalue weighted by molar-refractivity contribution is 0.583. The zero-order valence-electron chi connectivity index (χ0n) is 12.6. The van der Waals surface area contributed by atoms with Gasteiger partial charge in [-0.05, 0) is 49.6 Å². The number of hydrogen-bond acceptors (Lipinski definition) is 3. The molecule has 4 nitrogen and oxygen atoms in total. The lowest BCUT2D eigenvalue weighted by atomic mass is 10.1. The number of aryl methyl sites for hydroxylation is 3. The first kappa shape index (κ1) is 16.7. The van der Waals surface area contributed by atoms with Gasteiger partial charge in [-0.3, -0.25) is 0 Å². The fourth-order valence-corrected chi connectivity index (χ4v) is 4.06. The number of benzene rings is 2. The molecule has 1 N–H and O–H groups in total. The van der Waals surface area contributed by atoms with Gasteiger partial charge < -0.3 is 0 Å². The Balaban J connectivity index is 2.26. The standard InChI is InChI=1S/C16H17BrN2O2S/c1-11-7-12(2)16(13(3)8-11)22(20,21)19-18-10-14-5-4-6-15(17)9-14/h4-10,19H,1-3H3/b18-10+. The van der Waals surface area contributed by atoms with Crippen molar-refractivity contribution in [1.29, 1.82) is 0 Å². The Morgan fingerprint density at radius 2 is 1.73 bits per heavy atom. The molecule has 2 aromatic rings. The predicted octanol–water partition coefficient (Wildman–Crippen LogP) is 3.69. The van der Waals surface area contributed by atoms with Gasteiger partial charge in [0.1, 0.15) is 0 Å². The van der Waals surface area contributed by atoms with Gasteiger partial charge >= 0.3 is 0 Å². The first-order chi connectivity index (χ1) is 10.3. The Kier molecular flexibility index (Phi) is 5.03. The van der Waals surface area contributed by atoms with Crippen molar-refractivity contribution in [2.45, 2.75) is 25.7 Å². The summed E-state index contributed by atoms with van der Waals surface area (Å²) >= 11 is 3.36. The Morgan fingerprint density at radius 3 is 2.32 bits per heavy atom. The molecule has 0 bridgehead atoms. The maximum Gasteiger partial charge on any atom is 0.277 e. The molecule has 0 aliphatic carbocycles. The van der Waals surface area contributed by atoms with Crippen molar-refractivity contribution in [1.82, 2.24) is 4.83 Å². The van der Waals surface area contributed by atoms with Crippen LogP contribution >= 0.6 is 15.9 Å². The monoisotopic (exact) mass is 380 g/mol. The second kappa shape index (κ2) is 6.62. The second-order valence-electron chi connectivity index (χ2n) is 5.14. The molecule has 0 radical (unpaired) electrons. The van der Waals surface area contributed by atoms with Crippen LogP contribution in [-0.4, -0.2) is 14.6 Å². The number of hydrogen-bond donors (Lipinski definition) is 1. The maximum absolute atomic E-state index is 12.4.